The number of rotatable bonds is 3. The fourth-order valence-corrected chi connectivity index (χ4v) is 2.01. The van der Waals surface area contributed by atoms with Crippen LogP contribution in [0.1, 0.15) is 30.9 Å². The molecular formula is C16H17ClFNO. The van der Waals surface area contributed by atoms with Gasteiger partial charge in [0, 0.05) is 6.07 Å². The van der Waals surface area contributed by atoms with Crippen LogP contribution in [0, 0.1) is 12.7 Å². The highest BCUT2D eigenvalue weighted by Gasteiger charge is 2.11. The van der Waals surface area contributed by atoms with E-state index in [0.717, 1.165) is 11.1 Å². The Morgan fingerprint density at radius 2 is 1.85 bits per heavy atom. The molecule has 2 rings (SSSR count). The van der Waals surface area contributed by atoms with Gasteiger partial charge in [0.1, 0.15) is 11.6 Å². The van der Waals surface area contributed by atoms with E-state index in [0.29, 0.717) is 17.4 Å². The van der Waals surface area contributed by atoms with Gasteiger partial charge >= 0.3 is 0 Å². The summed E-state index contributed by atoms with van der Waals surface area (Å²) in [7, 11) is 0. The summed E-state index contributed by atoms with van der Waals surface area (Å²) >= 11 is 5.68. The Hall–Kier alpha value is -1.74. The van der Waals surface area contributed by atoms with E-state index in [-0.39, 0.29) is 10.8 Å². The fraction of sp³-hybridized carbons (Fsp3) is 0.250. The fourth-order valence-electron chi connectivity index (χ4n) is 1.84. The van der Waals surface area contributed by atoms with Crippen molar-refractivity contribution in [2.75, 3.05) is 5.73 Å². The number of nitrogen functional groups attached to an aromatic ring is 1. The van der Waals surface area contributed by atoms with Crippen LogP contribution >= 0.6 is 11.6 Å². The Labute approximate surface area is 123 Å². The molecule has 2 N–H and O–H groups in total. The van der Waals surface area contributed by atoms with Crippen LogP contribution in [-0.2, 0) is 0 Å². The second kappa shape index (κ2) is 5.71. The van der Waals surface area contributed by atoms with Crippen molar-refractivity contribution in [2.45, 2.75) is 26.7 Å². The number of halogens is 2. The number of ether oxygens (including phenoxy) is 1. The molecule has 4 heteroatoms. The summed E-state index contributed by atoms with van der Waals surface area (Å²) in [4.78, 5) is 0. The maximum absolute atomic E-state index is 13.5. The first-order chi connectivity index (χ1) is 9.38. The first kappa shape index (κ1) is 14.7. The van der Waals surface area contributed by atoms with Gasteiger partial charge in [0.2, 0.25) is 0 Å². The highest BCUT2D eigenvalue weighted by Crippen LogP contribution is 2.34. The first-order valence-electron chi connectivity index (χ1n) is 6.41. The third-order valence-electron chi connectivity index (χ3n) is 3.15. The second-order valence-corrected chi connectivity index (χ2v) is 5.49. The van der Waals surface area contributed by atoms with Crippen molar-refractivity contribution in [1.29, 1.82) is 0 Å². The lowest BCUT2D eigenvalue weighted by Gasteiger charge is -2.14. The van der Waals surface area contributed by atoms with Crippen LogP contribution < -0.4 is 10.5 Å². The molecule has 0 heterocycles. The lowest BCUT2D eigenvalue weighted by Crippen LogP contribution is -1.96. The van der Waals surface area contributed by atoms with E-state index in [1.807, 2.05) is 19.1 Å². The quantitative estimate of drug-likeness (QED) is 0.781. The zero-order chi connectivity index (χ0) is 14.9. The molecule has 106 valence electrons. The maximum Gasteiger partial charge on any atom is 0.153 e. The van der Waals surface area contributed by atoms with E-state index in [4.69, 9.17) is 22.1 Å². The van der Waals surface area contributed by atoms with Crippen molar-refractivity contribution in [3.63, 3.8) is 0 Å². The van der Waals surface area contributed by atoms with Crippen LogP contribution in [0.15, 0.2) is 30.3 Å². The minimum Gasteiger partial charge on any atom is -0.455 e. The Kier molecular flexibility index (Phi) is 4.19. The zero-order valence-corrected chi connectivity index (χ0v) is 12.5. The van der Waals surface area contributed by atoms with Crippen molar-refractivity contribution < 1.29 is 9.13 Å². The van der Waals surface area contributed by atoms with E-state index < -0.39 is 5.82 Å². The Balaban J connectivity index is 2.39. The summed E-state index contributed by atoms with van der Waals surface area (Å²) in [6.45, 7) is 6.14. The normalized spacial score (nSPS) is 10.9. The van der Waals surface area contributed by atoms with Gasteiger partial charge in [-0.15, -0.1) is 0 Å². The predicted molar refractivity (Wildman–Crippen MR) is 81.2 cm³/mol. The smallest absolute Gasteiger partial charge is 0.153 e. The van der Waals surface area contributed by atoms with Gasteiger partial charge in [0.15, 0.2) is 5.75 Å². The number of benzene rings is 2. The lowest BCUT2D eigenvalue weighted by atomic mass is 10.0. The van der Waals surface area contributed by atoms with Crippen LogP contribution in [0.3, 0.4) is 0 Å². The molecule has 0 unspecified atom stereocenters. The molecule has 0 saturated heterocycles. The van der Waals surface area contributed by atoms with Gasteiger partial charge in [0.05, 0.1) is 10.7 Å². The molecule has 0 atom stereocenters. The summed E-state index contributed by atoms with van der Waals surface area (Å²) in [5.74, 6) is 0.784. The minimum atomic E-state index is -0.548. The number of hydrogen-bond acceptors (Lipinski definition) is 2. The van der Waals surface area contributed by atoms with Gasteiger partial charge in [-0.05, 0) is 36.1 Å². The number of anilines is 1. The van der Waals surface area contributed by atoms with Crippen LogP contribution in [0.2, 0.25) is 5.02 Å². The number of nitrogens with two attached hydrogens (primary N) is 1. The predicted octanol–water partition coefficient (Wildman–Crippen LogP) is 5.29. The van der Waals surface area contributed by atoms with Crippen LogP contribution in [0.25, 0.3) is 0 Å². The standard InChI is InChI=1S/C16H17ClFNO/c1-9(2)11-5-4-10(3)15(6-11)20-16-8-13(18)12(17)7-14(16)19/h4-9H,19H2,1-3H3. The molecule has 0 aromatic heterocycles. The summed E-state index contributed by atoms with van der Waals surface area (Å²) in [5, 5.41) is -0.0116. The van der Waals surface area contributed by atoms with Gasteiger partial charge in [-0.3, -0.25) is 0 Å². The van der Waals surface area contributed by atoms with E-state index >= 15 is 0 Å². The molecular weight excluding hydrogens is 277 g/mol. The molecule has 0 bridgehead atoms. The molecule has 0 aliphatic carbocycles. The highest BCUT2D eigenvalue weighted by molar-refractivity contribution is 6.31. The molecule has 0 aliphatic rings. The molecule has 0 spiro atoms. The van der Waals surface area contributed by atoms with E-state index in [9.17, 15) is 4.39 Å². The summed E-state index contributed by atoms with van der Waals surface area (Å²) in [5.41, 5.74) is 8.23. The Morgan fingerprint density at radius 1 is 1.15 bits per heavy atom. The second-order valence-electron chi connectivity index (χ2n) is 5.09. The van der Waals surface area contributed by atoms with Gasteiger partial charge < -0.3 is 10.5 Å². The van der Waals surface area contributed by atoms with E-state index in [1.54, 1.807) is 0 Å². The molecule has 0 amide bonds. The largest absolute Gasteiger partial charge is 0.455 e. The van der Waals surface area contributed by atoms with Gasteiger partial charge in [-0.25, -0.2) is 4.39 Å². The minimum absolute atomic E-state index is 0.0116. The van der Waals surface area contributed by atoms with Crippen LogP contribution in [-0.4, -0.2) is 0 Å². The summed E-state index contributed by atoms with van der Waals surface area (Å²) in [6.07, 6.45) is 0. The van der Waals surface area contributed by atoms with Crippen molar-refractivity contribution in [3.05, 3.63) is 52.3 Å². The Morgan fingerprint density at radius 3 is 2.50 bits per heavy atom. The molecule has 20 heavy (non-hydrogen) atoms. The van der Waals surface area contributed by atoms with Crippen molar-refractivity contribution >= 4 is 17.3 Å². The summed E-state index contributed by atoms with van der Waals surface area (Å²) in [6, 6.07) is 8.55. The molecule has 0 aliphatic heterocycles. The number of aryl methyl sites for hydroxylation is 1. The number of hydrogen-bond donors (Lipinski definition) is 1. The van der Waals surface area contributed by atoms with Crippen LogP contribution in [0.5, 0.6) is 11.5 Å². The topological polar surface area (TPSA) is 35.2 Å². The zero-order valence-electron chi connectivity index (χ0n) is 11.7. The Bertz CT molecular complexity index is 641. The van der Waals surface area contributed by atoms with Crippen molar-refractivity contribution in [2.24, 2.45) is 0 Å². The molecule has 2 nitrogen and oxygen atoms in total. The molecule has 2 aromatic rings. The maximum atomic E-state index is 13.5. The monoisotopic (exact) mass is 293 g/mol. The molecule has 2 aromatic carbocycles. The van der Waals surface area contributed by atoms with Crippen molar-refractivity contribution in [3.8, 4) is 11.5 Å². The van der Waals surface area contributed by atoms with Gasteiger partial charge in [0.25, 0.3) is 0 Å². The first-order valence-corrected chi connectivity index (χ1v) is 6.79. The van der Waals surface area contributed by atoms with Crippen LogP contribution in [0.4, 0.5) is 10.1 Å². The summed E-state index contributed by atoms with van der Waals surface area (Å²) < 4.78 is 19.2. The van der Waals surface area contributed by atoms with Gasteiger partial charge in [-0.2, -0.15) is 0 Å². The average molecular weight is 294 g/mol. The van der Waals surface area contributed by atoms with Gasteiger partial charge in [-0.1, -0.05) is 37.6 Å². The molecule has 0 saturated carbocycles. The van der Waals surface area contributed by atoms with E-state index in [1.165, 1.54) is 12.1 Å². The van der Waals surface area contributed by atoms with E-state index in [2.05, 4.69) is 19.9 Å². The average Bonchev–Trinajstić information content (AvgIpc) is 2.38. The molecule has 0 radical (unpaired) electrons. The third-order valence-corrected chi connectivity index (χ3v) is 3.44. The highest BCUT2D eigenvalue weighted by atomic mass is 35.5. The van der Waals surface area contributed by atoms with Crippen molar-refractivity contribution in [1.82, 2.24) is 0 Å². The SMILES string of the molecule is Cc1ccc(C(C)C)cc1Oc1cc(F)c(Cl)cc1N. The molecule has 0 fully saturated rings. The third kappa shape index (κ3) is 3.05. The lowest BCUT2D eigenvalue weighted by molar-refractivity contribution is 0.474.